The van der Waals surface area contributed by atoms with Crippen molar-refractivity contribution in [2.45, 2.75) is 39.3 Å². The largest absolute Gasteiger partial charge is 0.481 e. The van der Waals surface area contributed by atoms with Crippen molar-refractivity contribution in [1.29, 1.82) is 5.26 Å². The number of amides is 2. The number of aromatic nitrogens is 1. The Kier molecular flexibility index (Phi) is 7.95. The molecule has 3 N–H and O–H groups in total. The molecule has 3 aromatic rings. The average molecular weight is 487 g/mol. The van der Waals surface area contributed by atoms with Crippen LogP contribution in [0.2, 0.25) is 0 Å². The first-order chi connectivity index (χ1) is 17.0. The number of nitriles is 1. The van der Waals surface area contributed by atoms with Gasteiger partial charge in [0.15, 0.2) is 0 Å². The standard InChI is InChI=1S/C28H30N4O4/c1-28(2,3)25(27(36)30-4)31-26(35)23(15-24(33)34)32-14-13-22(17-32)21-11-9-20(10-12-21)19-7-5-18(16-29)6-8-19/h5-14,17,23,25H,15H2,1-4H3,(H,30,36)(H,31,35)(H,33,34)/t23?,25-/m1/s1. The molecule has 0 saturated carbocycles. The Morgan fingerprint density at radius 2 is 1.44 bits per heavy atom. The third-order valence-corrected chi connectivity index (χ3v) is 5.97. The van der Waals surface area contributed by atoms with E-state index in [1.54, 1.807) is 29.1 Å². The van der Waals surface area contributed by atoms with E-state index in [0.717, 1.165) is 22.3 Å². The fourth-order valence-electron chi connectivity index (χ4n) is 3.93. The van der Waals surface area contributed by atoms with Crippen LogP contribution < -0.4 is 10.6 Å². The topological polar surface area (TPSA) is 124 Å². The molecular formula is C28H30N4O4. The minimum absolute atomic E-state index is 0.347. The lowest BCUT2D eigenvalue weighted by molar-refractivity contribution is -0.141. The van der Waals surface area contributed by atoms with Gasteiger partial charge in [0.2, 0.25) is 11.8 Å². The van der Waals surface area contributed by atoms with Crippen molar-refractivity contribution in [3.8, 4) is 28.3 Å². The number of likely N-dealkylation sites (N-methyl/N-ethyl adjacent to an activating group) is 1. The molecule has 2 aromatic carbocycles. The minimum Gasteiger partial charge on any atom is -0.481 e. The van der Waals surface area contributed by atoms with Gasteiger partial charge < -0.3 is 20.3 Å². The van der Waals surface area contributed by atoms with Crippen molar-refractivity contribution in [3.05, 3.63) is 72.6 Å². The molecule has 0 aliphatic carbocycles. The first-order valence-corrected chi connectivity index (χ1v) is 11.6. The zero-order valence-electron chi connectivity index (χ0n) is 20.8. The van der Waals surface area contributed by atoms with Crippen LogP contribution in [0.3, 0.4) is 0 Å². The van der Waals surface area contributed by atoms with E-state index in [2.05, 4.69) is 16.7 Å². The first kappa shape index (κ1) is 26.2. The lowest BCUT2D eigenvalue weighted by Gasteiger charge is -2.31. The van der Waals surface area contributed by atoms with E-state index < -0.39 is 35.8 Å². The number of carboxylic acid groups (broad SMARTS) is 1. The maximum atomic E-state index is 13.2. The third kappa shape index (κ3) is 6.19. The number of carboxylic acids is 1. The number of nitrogens with zero attached hydrogens (tertiary/aromatic N) is 2. The molecule has 0 bridgehead atoms. The highest BCUT2D eigenvalue weighted by atomic mass is 16.4. The number of carbonyl (C=O) groups excluding carboxylic acids is 2. The van der Waals surface area contributed by atoms with Gasteiger partial charge in [-0.15, -0.1) is 0 Å². The number of rotatable bonds is 8. The Hall–Kier alpha value is -4.38. The number of aliphatic carboxylic acids is 1. The highest BCUT2D eigenvalue weighted by Gasteiger charge is 2.35. The lowest BCUT2D eigenvalue weighted by atomic mass is 9.86. The molecule has 8 nitrogen and oxygen atoms in total. The van der Waals surface area contributed by atoms with Gasteiger partial charge in [0.1, 0.15) is 12.1 Å². The van der Waals surface area contributed by atoms with Gasteiger partial charge in [-0.05, 0) is 45.9 Å². The normalized spacial score (nSPS) is 12.8. The van der Waals surface area contributed by atoms with E-state index >= 15 is 0 Å². The second-order valence-corrected chi connectivity index (χ2v) is 9.65. The van der Waals surface area contributed by atoms with Crippen molar-refractivity contribution in [2.75, 3.05) is 7.05 Å². The minimum atomic E-state index is -1.12. The molecule has 1 unspecified atom stereocenters. The zero-order valence-corrected chi connectivity index (χ0v) is 20.8. The van der Waals surface area contributed by atoms with E-state index in [4.69, 9.17) is 5.26 Å². The summed E-state index contributed by atoms with van der Waals surface area (Å²) in [5.74, 6) is -2.01. The molecule has 2 amide bonds. The van der Waals surface area contributed by atoms with Crippen LogP contribution in [-0.2, 0) is 14.4 Å². The number of carbonyl (C=O) groups is 3. The SMILES string of the molecule is CNC(=O)[C@@H](NC(=O)C(CC(=O)O)n1ccc(-c2ccc(-c3ccc(C#N)cc3)cc2)c1)C(C)(C)C. The second kappa shape index (κ2) is 10.9. The zero-order chi connectivity index (χ0) is 26.5. The third-order valence-electron chi connectivity index (χ3n) is 5.97. The van der Waals surface area contributed by atoms with Gasteiger partial charge in [-0.25, -0.2) is 0 Å². The van der Waals surface area contributed by atoms with Crippen molar-refractivity contribution in [2.24, 2.45) is 5.41 Å². The number of hydrogen-bond acceptors (Lipinski definition) is 4. The fraction of sp³-hybridized carbons (Fsp3) is 0.286. The molecule has 0 saturated heterocycles. The first-order valence-electron chi connectivity index (χ1n) is 11.6. The highest BCUT2D eigenvalue weighted by molar-refractivity contribution is 5.91. The van der Waals surface area contributed by atoms with Crippen LogP contribution in [0, 0.1) is 16.7 Å². The summed E-state index contributed by atoms with van der Waals surface area (Å²) in [5.41, 5.74) is 3.74. The fourth-order valence-corrected chi connectivity index (χ4v) is 3.93. The van der Waals surface area contributed by atoms with E-state index in [-0.39, 0.29) is 5.91 Å². The van der Waals surface area contributed by atoms with E-state index in [0.29, 0.717) is 5.56 Å². The molecular weight excluding hydrogens is 456 g/mol. The van der Waals surface area contributed by atoms with Crippen LogP contribution in [0.5, 0.6) is 0 Å². The Balaban J connectivity index is 1.84. The number of benzene rings is 2. The van der Waals surface area contributed by atoms with Crippen LogP contribution in [0.1, 0.15) is 38.8 Å². The summed E-state index contributed by atoms with van der Waals surface area (Å²) in [7, 11) is 1.49. The van der Waals surface area contributed by atoms with Crippen LogP contribution in [0.4, 0.5) is 0 Å². The maximum absolute atomic E-state index is 13.2. The molecule has 0 fully saturated rings. The molecule has 1 heterocycles. The highest BCUT2D eigenvalue weighted by Crippen LogP contribution is 2.27. The average Bonchev–Trinajstić information content (AvgIpc) is 3.34. The Labute approximate surface area is 210 Å². The Bertz CT molecular complexity index is 1280. The summed E-state index contributed by atoms with van der Waals surface area (Å²) < 4.78 is 1.57. The predicted octanol–water partition coefficient (Wildman–Crippen LogP) is 3.99. The summed E-state index contributed by atoms with van der Waals surface area (Å²) in [6.07, 6.45) is 2.97. The van der Waals surface area contributed by atoms with E-state index in [1.807, 2.05) is 63.2 Å². The number of hydrogen-bond donors (Lipinski definition) is 3. The van der Waals surface area contributed by atoms with Gasteiger partial charge >= 0.3 is 5.97 Å². The molecule has 3 rings (SSSR count). The predicted molar refractivity (Wildman–Crippen MR) is 137 cm³/mol. The maximum Gasteiger partial charge on any atom is 0.306 e. The molecule has 0 spiro atoms. The van der Waals surface area contributed by atoms with Crippen LogP contribution >= 0.6 is 0 Å². The van der Waals surface area contributed by atoms with Crippen LogP contribution in [0.25, 0.3) is 22.3 Å². The Morgan fingerprint density at radius 3 is 1.92 bits per heavy atom. The van der Waals surface area contributed by atoms with Gasteiger partial charge in [0.25, 0.3) is 0 Å². The second-order valence-electron chi connectivity index (χ2n) is 9.65. The molecule has 1 aromatic heterocycles. The van der Waals surface area contributed by atoms with Crippen molar-refractivity contribution in [3.63, 3.8) is 0 Å². The lowest BCUT2D eigenvalue weighted by Crippen LogP contribution is -2.54. The molecule has 186 valence electrons. The van der Waals surface area contributed by atoms with Gasteiger partial charge in [0.05, 0.1) is 18.1 Å². The van der Waals surface area contributed by atoms with Gasteiger partial charge in [-0.2, -0.15) is 5.26 Å². The van der Waals surface area contributed by atoms with Crippen molar-refractivity contribution < 1.29 is 19.5 Å². The van der Waals surface area contributed by atoms with Gasteiger partial charge in [0, 0.05) is 19.4 Å². The van der Waals surface area contributed by atoms with Gasteiger partial charge in [-0.1, -0.05) is 57.2 Å². The van der Waals surface area contributed by atoms with Gasteiger partial charge in [-0.3, -0.25) is 14.4 Å². The molecule has 0 aliphatic heterocycles. The quantitative estimate of drug-likeness (QED) is 0.444. The smallest absolute Gasteiger partial charge is 0.306 e. The van der Waals surface area contributed by atoms with Crippen LogP contribution in [0.15, 0.2) is 67.0 Å². The van der Waals surface area contributed by atoms with Crippen molar-refractivity contribution >= 4 is 17.8 Å². The van der Waals surface area contributed by atoms with E-state index in [9.17, 15) is 19.5 Å². The molecule has 0 radical (unpaired) electrons. The Morgan fingerprint density at radius 1 is 0.917 bits per heavy atom. The summed E-state index contributed by atoms with van der Waals surface area (Å²) in [6, 6.07) is 17.2. The molecule has 8 heteroatoms. The summed E-state index contributed by atoms with van der Waals surface area (Å²) in [6.45, 7) is 5.48. The van der Waals surface area contributed by atoms with Crippen molar-refractivity contribution in [1.82, 2.24) is 15.2 Å². The van der Waals surface area contributed by atoms with E-state index in [1.165, 1.54) is 7.05 Å². The van der Waals surface area contributed by atoms with Crippen LogP contribution in [-0.4, -0.2) is 40.5 Å². The number of nitrogens with one attached hydrogen (secondary N) is 2. The summed E-state index contributed by atoms with van der Waals surface area (Å²) in [5, 5.41) is 23.7. The summed E-state index contributed by atoms with van der Waals surface area (Å²) >= 11 is 0. The monoisotopic (exact) mass is 486 g/mol. The molecule has 0 aliphatic rings. The molecule has 36 heavy (non-hydrogen) atoms. The summed E-state index contributed by atoms with van der Waals surface area (Å²) in [4.78, 5) is 37.1. The molecule has 2 atom stereocenters.